The van der Waals surface area contributed by atoms with E-state index in [1.165, 1.54) is 0 Å². The topological polar surface area (TPSA) is 60.6 Å². The van der Waals surface area contributed by atoms with Crippen LogP contribution < -0.4 is 10.1 Å². The zero-order chi connectivity index (χ0) is 17.8. The minimum atomic E-state index is 0.0401. The largest absolute Gasteiger partial charge is 0.496 e. The normalized spacial score (nSPS) is 17.9. The van der Waals surface area contributed by atoms with Crippen molar-refractivity contribution in [2.45, 2.75) is 25.3 Å². The molecule has 1 aliphatic heterocycles. The number of likely N-dealkylation sites (N-methyl/N-ethyl adjacent to an activating group) is 1. The first-order chi connectivity index (χ1) is 12.1. The molecule has 0 saturated carbocycles. The number of hydrogen-bond acceptors (Lipinski definition) is 3. The van der Waals surface area contributed by atoms with Gasteiger partial charge in [0.2, 0.25) is 0 Å². The Morgan fingerprint density at radius 1 is 1.44 bits per heavy atom. The molecule has 2 aromatic rings. The molecule has 6 heteroatoms. The van der Waals surface area contributed by atoms with Crippen LogP contribution in [-0.2, 0) is 6.42 Å². The van der Waals surface area contributed by atoms with E-state index >= 15 is 0 Å². The first kappa shape index (κ1) is 17.6. The predicted molar refractivity (Wildman–Crippen MR) is 100 cm³/mol. The van der Waals surface area contributed by atoms with Crippen molar-refractivity contribution in [3.8, 4) is 5.75 Å². The van der Waals surface area contributed by atoms with Gasteiger partial charge in [0, 0.05) is 42.8 Å². The highest BCUT2D eigenvalue weighted by Gasteiger charge is 2.24. The van der Waals surface area contributed by atoms with Gasteiger partial charge in [0.1, 0.15) is 5.75 Å². The molecule has 1 atom stereocenters. The van der Waals surface area contributed by atoms with Gasteiger partial charge in [0.15, 0.2) is 0 Å². The van der Waals surface area contributed by atoms with E-state index in [1.807, 2.05) is 29.3 Å². The average Bonchev–Trinajstić information content (AvgIpc) is 3.05. The summed E-state index contributed by atoms with van der Waals surface area (Å²) in [5, 5.41) is 4.17. The van der Waals surface area contributed by atoms with E-state index in [0.717, 1.165) is 54.6 Å². The molecule has 25 heavy (non-hydrogen) atoms. The Bertz CT molecular complexity index is 725. The van der Waals surface area contributed by atoms with Crippen molar-refractivity contribution in [1.29, 1.82) is 0 Å². The molecule has 0 spiro atoms. The monoisotopic (exact) mass is 344 g/mol. The van der Waals surface area contributed by atoms with Crippen LogP contribution in [-0.4, -0.2) is 67.7 Å². The van der Waals surface area contributed by atoms with Gasteiger partial charge in [0.05, 0.1) is 7.11 Å². The summed E-state index contributed by atoms with van der Waals surface area (Å²) in [6.07, 6.45) is 5.00. The third-order valence-corrected chi connectivity index (χ3v) is 5.05. The highest BCUT2D eigenvalue weighted by molar-refractivity contribution is 5.89. The molecular weight excluding hydrogens is 316 g/mol. The van der Waals surface area contributed by atoms with Gasteiger partial charge in [-0.2, -0.15) is 0 Å². The highest BCUT2D eigenvalue weighted by Crippen LogP contribution is 2.28. The zero-order valence-corrected chi connectivity index (χ0v) is 15.3. The smallest absolute Gasteiger partial charge is 0.317 e. The average molecular weight is 344 g/mol. The second-order valence-electron chi connectivity index (χ2n) is 6.88. The SMILES string of the molecule is COc1cccc2[nH]cc(CCNC(=O)N3CCC[C@@H](N(C)C)C3)c12. The number of H-pyrrole nitrogens is 1. The Kier molecular flexibility index (Phi) is 5.48. The van der Waals surface area contributed by atoms with Gasteiger partial charge >= 0.3 is 6.03 Å². The summed E-state index contributed by atoms with van der Waals surface area (Å²) in [6, 6.07) is 6.47. The number of amides is 2. The van der Waals surface area contributed by atoms with Gasteiger partial charge in [-0.1, -0.05) is 6.07 Å². The van der Waals surface area contributed by atoms with Crippen LogP contribution in [0, 0.1) is 0 Å². The Balaban J connectivity index is 1.57. The van der Waals surface area contributed by atoms with Crippen LogP contribution in [0.15, 0.2) is 24.4 Å². The third-order valence-electron chi connectivity index (χ3n) is 5.05. The fourth-order valence-electron chi connectivity index (χ4n) is 3.56. The number of carbonyl (C=O) groups is 1. The molecule has 136 valence electrons. The van der Waals surface area contributed by atoms with Gasteiger partial charge in [-0.25, -0.2) is 4.79 Å². The molecule has 2 N–H and O–H groups in total. The molecule has 0 unspecified atom stereocenters. The molecule has 0 bridgehead atoms. The van der Waals surface area contributed by atoms with E-state index < -0.39 is 0 Å². The summed E-state index contributed by atoms with van der Waals surface area (Å²) < 4.78 is 5.46. The lowest BCUT2D eigenvalue weighted by atomic mass is 10.1. The molecule has 2 heterocycles. The van der Waals surface area contributed by atoms with E-state index in [0.29, 0.717) is 12.6 Å². The number of fused-ring (bicyclic) bond motifs is 1. The summed E-state index contributed by atoms with van der Waals surface area (Å²) in [5.74, 6) is 0.866. The molecule has 0 aliphatic carbocycles. The number of nitrogens with zero attached hydrogens (tertiary/aromatic N) is 2. The van der Waals surface area contributed by atoms with Crippen LogP contribution in [0.3, 0.4) is 0 Å². The minimum Gasteiger partial charge on any atom is -0.496 e. The molecular formula is C19H28N4O2. The quantitative estimate of drug-likeness (QED) is 0.876. The van der Waals surface area contributed by atoms with Crippen molar-refractivity contribution in [3.63, 3.8) is 0 Å². The summed E-state index contributed by atoms with van der Waals surface area (Å²) in [7, 11) is 5.85. The first-order valence-electron chi connectivity index (χ1n) is 8.92. The van der Waals surface area contributed by atoms with Crippen molar-refractivity contribution >= 4 is 16.9 Å². The lowest BCUT2D eigenvalue weighted by Gasteiger charge is -2.36. The number of benzene rings is 1. The molecule has 0 radical (unpaired) electrons. The van der Waals surface area contributed by atoms with Gasteiger partial charge in [-0.05, 0) is 51.1 Å². The maximum Gasteiger partial charge on any atom is 0.317 e. The lowest BCUT2D eigenvalue weighted by molar-refractivity contribution is 0.140. The lowest BCUT2D eigenvalue weighted by Crippen LogP contribution is -2.50. The Labute approximate surface area is 149 Å². The van der Waals surface area contributed by atoms with Gasteiger partial charge < -0.3 is 24.8 Å². The van der Waals surface area contributed by atoms with Crippen LogP contribution >= 0.6 is 0 Å². The highest BCUT2D eigenvalue weighted by atomic mass is 16.5. The number of aromatic nitrogens is 1. The van der Waals surface area contributed by atoms with Crippen LogP contribution in [0.1, 0.15) is 18.4 Å². The first-order valence-corrected chi connectivity index (χ1v) is 8.92. The number of urea groups is 1. The van der Waals surface area contributed by atoms with E-state index in [2.05, 4.69) is 29.3 Å². The number of likely N-dealkylation sites (tertiary alicyclic amines) is 1. The molecule has 6 nitrogen and oxygen atoms in total. The summed E-state index contributed by atoms with van der Waals surface area (Å²) in [6.45, 7) is 2.27. The molecule has 2 amide bonds. The standard InChI is InChI=1S/C19H28N4O2/c1-22(2)15-6-5-11-23(13-15)19(24)20-10-9-14-12-21-16-7-4-8-17(25-3)18(14)16/h4,7-8,12,15,21H,5-6,9-11,13H2,1-3H3,(H,20,24)/t15-/m1/s1. The number of carbonyl (C=O) groups excluding carboxylic acids is 1. The number of hydrogen-bond donors (Lipinski definition) is 2. The van der Waals surface area contributed by atoms with Crippen molar-refractivity contribution in [2.75, 3.05) is 40.8 Å². The number of rotatable bonds is 5. The number of piperidine rings is 1. The van der Waals surface area contributed by atoms with Crippen molar-refractivity contribution < 1.29 is 9.53 Å². The molecule has 1 fully saturated rings. The summed E-state index contributed by atoms with van der Waals surface area (Å²) in [4.78, 5) is 19.9. The number of aromatic amines is 1. The second-order valence-corrected chi connectivity index (χ2v) is 6.88. The Morgan fingerprint density at radius 2 is 2.28 bits per heavy atom. The van der Waals surface area contributed by atoms with E-state index in [-0.39, 0.29) is 6.03 Å². The second kappa shape index (κ2) is 7.78. The van der Waals surface area contributed by atoms with Crippen LogP contribution in [0.4, 0.5) is 4.79 Å². The minimum absolute atomic E-state index is 0.0401. The molecule has 1 aliphatic rings. The van der Waals surface area contributed by atoms with Crippen LogP contribution in [0.25, 0.3) is 10.9 Å². The molecule has 3 rings (SSSR count). The van der Waals surface area contributed by atoms with E-state index in [9.17, 15) is 4.79 Å². The van der Waals surface area contributed by atoms with E-state index in [4.69, 9.17) is 4.74 Å². The van der Waals surface area contributed by atoms with Crippen molar-refractivity contribution in [3.05, 3.63) is 30.0 Å². The summed E-state index contributed by atoms with van der Waals surface area (Å²) >= 11 is 0. The van der Waals surface area contributed by atoms with Gasteiger partial charge in [-0.15, -0.1) is 0 Å². The maximum atomic E-state index is 12.4. The predicted octanol–water partition coefficient (Wildman–Crippen LogP) is 2.45. The van der Waals surface area contributed by atoms with Crippen molar-refractivity contribution in [2.24, 2.45) is 0 Å². The fraction of sp³-hybridized carbons (Fsp3) is 0.526. The molecule has 1 aromatic carbocycles. The summed E-state index contributed by atoms with van der Waals surface area (Å²) in [5.41, 5.74) is 2.23. The molecule has 1 saturated heterocycles. The Hall–Kier alpha value is -2.21. The van der Waals surface area contributed by atoms with Gasteiger partial charge in [-0.3, -0.25) is 0 Å². The zero-order valence-electron chi connectivity index (χ0n) is 15.3. The van der Waals surface area contributed by atoms with Gasteiger partial charge in [0.25, 0.3) is 0 Å². The molecule has 1 aromatic heterocycles. The number of methoxy groups -OCH3 is 1. The van der Waals surface area contributed by atoms with E-state index in [1.54, 1.807) is 7.11 Å². The van der Waals surface area contributed by atoms with Crippen LogP contribution in [0.2, 0.25) is 0 Å². The third kappa shape index (κ3) is 3.90. The number of nitrogens with one attached hydrogen (secondary N) is 2. The fourth-order valence-corrected chi connectivity index (χ4v) is 3.56. The number of ether oxygens (including phenoxy) is 1. The Morgan fingerprint density at radius 3 is 3.04 bits per heavy atom. The van der Waals surface area contributed by atoms with Crippen LogP contribution in [0.5, 0.6) is 5.75 Å². The maximum absolute atomic E-state index is 12.4. The van der Waals surface area contributed by atoms with Crippen molar-refractivity contribution in [1.82, 2.24) is 20.1 Å².